The highest BCUT2D eigenvalue weighted by molar-refractivity contribution is 6.12. The minimum absolute atomic E-state index is 0.950. The second-order valence-electron chi connectivity index (χ2n) is 7.75. The highest BCUT2D eigenvalue weighted by Crippen LogP contribution is 2.58. The van der Waals surface area contributed by atoms with Gasteiger partial charge in [0.2, 0.25) is 5.69 Å². The lowest BCUT2D eigenvalue weighted by molar-refractivity contribution is 0.594. The molecule has 1 aliphatic rings. The molecule has 1 aliphatic carbocycles. The van der Waals surface area contributed by atoms with Gasteiger partial charge in [-0.15, -0.1) is 0 Å². The molecule has 42 heavy (non-hydrogen) atoms. The van der Waals surface area contributed by atoms with E-state index in [1.165, 1.54) is 24.3 Å². The van der Waals surface area contributed by atoms with Crippen LogP contribution in [0.2, 0.25) is 0 Å². The van der Waals surface area contributed by atoms with E-state index in [-0.39, 0.29) is 0 Å². The van der Waals surface area contributed by atoms with Gasteiger partial charge in [0, 0.05) is 16.7 Å². The second kappa shape index (κ2) is 10.9. The van der Waals surface area contributed by atoms with Gasteiger partial charge in [-0.1, -0.05) is 0 Å². The molecular formula is C30H6F6N6. The van der Waals surface area contributed by atoms with E-state index < -0.39 is 138 Å². The van der Waals surface area contributed by atoms with Crippen molar-refractivity contribution >= 4 is 22.5 Å². The molecule has 3 aromatic carbocycles. The van der Waals surface area contributed by atoms with Crippen molar-refractivity contribution in [2.45, 2.75) is 0 Å². The monoisotopic (exact) mass is 570 g/mol. The van der Waals surface area contributed by atoms with Crippen molar-refractivity contribution in [3.05, 3.63) is 139 Å². The molecule has 0 atom stereocenters. The van der Waals surface area contributed by atoms with Crippen molar-refractivity contribution in [3.8, 4) is 24.3 Å². The summed E-state index contributed by atoms with van der Waals surface area (Å²) in [6.45, 7) is 15.0. The van der Waals surface area contributed by atoms with Crippen LogP contribution < -0.4 is 0 Å². The fourth-order valence-corrected chi connectivity index (χ4v) is 3.99. The van der Waals surface area contributed by atoms with Crippen LogP contribution in [0.25, 0.3) is 26.5 Å². The summed E-state index contributed by atoms with van der Waals surface area (Å²) in [5.74, 6) is -11.0. The minimum Gasteiger partial charge on any atom is -0.238 e. The Labute approximate surface area is 241 Å². The topological polar surface area (TPSA) is 104 Å². The van der Waals surface area contributed by atoms with E-state index in [4.69, 9.17) is 21.4 Å². The number of hydrogen-bond acceptors (Lipinski definition) is 4. The summed E-state index contributed by atoms with van der Waals surface area (Å²) >= 11 is 0. The molecule has 0 bridgehead atoms. The lowest BCUT2D eigenvalue weighted by atomic mass is 9.97. The molecule has 0 heterocycles. The molecule has 1 fully saturated rings. The molecule has 0 amide bonds. The molecule has 0 aromatic heterocycles. The Balaban J connectivity index is 2.43. The Hall–Kier alpha value is -6.60. The molecule has 4 rings (SSSR count). The summed E-state index contributed by atoms with van der Waals surface area (Å²) in [6.07, 6.45) is 0. The maximum absolute atomic E-state index is 15.5. The number of hydrogen-bond donors (Lipinski definition) is 0. The molecule has 0 N–H and O–H groups in total. The van der Waals surface area contributed by atoms with E-state index in [2.05, 4.69) is 9.69 Å². The number of rotatable bonds is 3. The molecular weight excluding hydrogens is 558 g/mol. The van der Waals surface area contributed by atoms with Crippen LogP contribution in [0.5, 0.6) is 0 Å². The van der Waals surface area contributed by atoms with Crippen LogP contribution in [-0.4, -0.2) is 0 Å². The molecule has 12 heteroatoms. The van der Waals surface area contributed by atoms with Gasteiger partial charge < -0.3 is 0 Å². The predicted molar refractivity (Wildman–Crippen MR) is 133 cm³/mol. The largest absolute Gasteiger partial charge is 0.238 e. The third kappa shape index (κ3) is 4.29. The Morgan fingerprint density at radius 1 is 0.595 bits per heavy atom. The molecule has 0 unspecified atom stereocenters. The zero-order valence-electron chi connectivity index (χ0n) is 26.0. The van der Waals surface area contributed by atoms with Gasteiger partial charge in [0.15, 0.2) is 5.70 Å². The number of halogens is 6. The predicted octanol–water partition coefficient (Wildman–Crippen LogP) is 7.41. The Morgan fingerprint density at radius 3 is 1.33 bits per heavy atom. The summed E-state index contributed by atoms with van der Waals surface area (Å²) in [4.78, 5) is 5.75. The lowest BCUT2D eigenvalue weighted by Crippen LogP contribution is -1.98. The number of nitriles is 4. The highest BCUT2D eigenvalue weighted by Gasteiger charge is 2.44. The SMILES string of the molecule is [2H]c1c([2H])c(F)c(/C(C#N)=C2/C(=C([N+]#[C-])c3c(F)c([2H])c([2H])c(F)c3[N+]#[C-])/C2=C(/C#N)c2c(F)c([2H])c([2H])c(F)c2C#N)c(C#N)c1F. The Kier molecular flexibility index (Phi) is 5.50. The first-order valence-corrected chi connectivity index (χ1v) is 10.7. The Morgan fingerprint density at radius 2 is 0.976 bits per heavy atom. The number of allylic oxidation sites excluding steroid dienone is 5. The smallest absolute Gasteiger partial charge is 0.222 e. The quantitative estimate of drug-likeness (QED) is 0.186. The Bertz CT molecular complexity index is 2170. The van der Waals surface area contributed by atoms with Crippen LogP contribution in [0, 0.1) is 93.4 Å². The molecule has 198 valence electrons. The molecule has 1 saturated carbocycles. The minimum atomic E-state index is -1.87. The van der Waals surface area contributed by atoms with Crippen LogP contribution in [0.1, 0.15) is 36.0 Å². The average Bonchev–Trinajstić information content (AvgIpc) is 3.80. The van der Waals surface area contributed by atoms with Crippen molar-refractivity contribution in [3.63, 3.8) is 0 Å². The summed E-state index contributed by atoms with van der Waals surface area (Å²) in [6, 6.07) is -3.67. The van der Waals surface area contributed by atoms with Gasteiger partial charge in [-0.2, -0.15) is 21.0 Å². The number of benzene rings is 3. The zero-order chi connectivity index (χ0) is 36.1. The average molecular weight is 570 g/mol. The van der Waals surface area contributed by atoms with E-state index in [1.54, 1.807) is 0 Å². The van der Waals surface area contributed by atoms with Gasteiger partial charge in [-0.05, 0) is 53.0 Å². The molecule has 3 aromatic rings. The van der Waals surface area contributed by atoms with Gasteiger partial charge in [0.05, 0.1) is 43.6 Å². The van der Waals surface area contributed by atoms with E-state index in [0.29, 0.717) is 0 Å². The van der Waals surface area contributed by atoms with Gasteiger partial charge in [-0.3, -0.25) is 0 Å². The maximum atomic E-state index is 15.5. The maximum Gasteiger partial charge on any atom is 0.222 e. The molecule has 6 nitrogen and oxygen atoms in total. The van der Waals surface area contributed by atoms with Crippen molar-refractivity contribution in [1.29, 1.82) is 21.0 Å². The van der Waals surface area contributed by atoms with Gasteiger partial charge >= 0.3 is 0 Å². The summed E-state index contributed by atoms with van der Waals surface area (Å²) in [7, 11) is 0. The van der Waals surface area contributed by atoms with Crippen LogP contribution in [0.15, 0.2) is 53.0 Å². The fraction of sp³-hybridized carbons (Fsp3) is 0. The van der Waals surface area contributed by atoms with E-state index in [9.17, 15) is 34.2 Å². The normalized spacial score (nSPS) is 17.1. The fourth-order valence-electron chi connectivity index (χ4n) is 3.99. The van der Waals surface area contributed by atoms with Gasteiger partial charge in [-0.25, -0.2) is 36.0 Å². The zero-order valence-corrected chi connectivity index (χ0v) is 20.0. The van der Waals surface area contributed by atoms with Crippen LogP contribution in [-0.2, 0) is 0 Å². The molecule has 0 aliphatic heterocycles. The molecule has 0 radical (unpaired) electrons. The van der Waals surface area contributed by atoms with Crippen LogP contribution in [0.3, 0.4) is 0 Å². The van der Waals surface area contributed by atoms with E-state index >= 15 is 13.2 Å². The van der Waals surface area contributed by atoms with Gasteiger partial charge in [0.1, 0.15) is 59.2 Å². The lowest BCUT2D eigenvalue weighted by Gasteiger charge is -2.06. The second-order valence-corrected chi connectivity index (χ2v) is 7.75. The van der Waals surface area contributed by atoms with Crippen molar-refractivity contribution < 1.29 is 34.6 Å². The molecule has 0 spiro atoms. The first-order chi connectivity index (χ1) is 22.6. The standard InChI is InChI=1S/C30H6F6N6/c1-41-29-22(36)8-7-21(35)27(29)30(42-2)28-25(15(11-39)23-13(9-37)17(31)3-5-19(23)33)26(28)16(12-40)24-14(10-38)18(32)4-6-20(24)34/h3-8H/b25-15-,26-16+,30-28?/i3D,4D,5D,6D,7D,8D. The van der Waals surface area contributed by atoms with E-state index in [1.807, 2.05) is 0 Å². The molecule has 0 saturated heterocycles. The van der Waals surface area contributed by atoms with Crippen LogP contribution >= 0.6 is 0 Å². The highest BCUT2D eigenvalue weighted by atomic mass is 19.1. The first-order valence-electron chi connectivity index (χ1n) is 13.7. The van der Waals surface area contributed by atoms with Crippen molar-refractivity contribution in [1.82, 2.24) is 0 Å². The van der Waals surface area contributed by atoms with Crippen molar-refractivity contribution in [2.75, 3.05) is 0 Å². The number of nitrogens with zero attached hydrogens (tertiary/aromatic N) is 6. The summed E-state index contributed by atoms with van der Waals surface area (Å²) in [5.41, 5.74) is -14.7. The summed E-state index contributed by atoms with van der Waals surface area (Å²) < 4.78 is 137. The van der Waals surface area contributed by atoms with Crippen molar-refractivity contribution in [2.24, 2.45) is 0 Å². The third-order valence-corrected chi connectivity index (χ3v) is 5.72. The van der Waals surface area contributed by atoms with Crippen LogP contribution in [0.4, 0.5) is 32.0 Å². The summed E-state index contributed by atoms with van der Waals surface area (Å²) in [5, 5.41) is 39.4. The van der Waals surface area contributed by atoms with Gasteiger partial charge in [0.25, 0.3) is 0 Å². The van der Waals surface area contributed by atoms with E-state index in [0.717, 1.165) is 0 Å². The third-order valence-electron chi connectivity index (χ3n) is 5.72. The first kappa shape index (κ1) is 21.2.